The van der Waals surface area contributed by atoms with Gasteiger partial charge in [-0.15, -0.1) is 0 Å². The van der Waals surface area contributed by atoms with Gasteiger partial charge in [0.25, 0.3) is 21.4 Å². The van der Waals surface area contributed by atoms with Crippen LogP contribution in [0.2, 0.25) is 0 Å². The number of sulfonamides is 1. The first-order chi connectivity index (χ1) is 11.1. The zero-order valence-electron chi connectivity index (χ0n) is 12.3. The minimum Gasteiger partial charge on any atom is -0.393 e. The molecule has 0 saturated carbocycles. The Labute approximate surface area is 136 Å². The van der Waals surface area contributed by atoms with Crippen molar-refractivity contribution < 1.29 is 18.3 Å². The average molecular weight is 352 g/mol. The van der Waals surface area contributed by atoms with Crippen LogP contribution in [0.1, 0.15) is 5.56 Å². The molecule has 0 heterocycles. The van der Waals surface area contributed by atoms with Crippen LogP contribution in [0, 0.1) is 27.2 Å². The number of nitrogens with zero attached hydrogens (tertiary/aromatic N) is 2. The summed E-state index contributed by atoms with van der Waals surface area (Å²) in [6.07, 6.45) is 0. The van der Waals surface area contributed by atoms with Crippen molar-refractivity contribution in [1.29, 1.82) is 0 Å². The fourth-order valence-corrected chi connectivity index (χ4v) is 3.38. The van der Waals surface area contributed by atoms with E-state index in [4.69, 9.17) is 5.73 Å². The van der Waals surface area contributed by atoms with Gasteiger partial charge in [-0.2, -0.15) is 0 Å². The lowest BCUT2D eigenvalue weighted by atomic mass is 10.2. The minimum atomic E-state index is -4.17. The fraction of sp³-hybridized carbons (Fsp3) is 0.0769. The van der Waals surface area contributed by atoms with Gasteiger partial charge in [-0.1, -0.05) is 6.07 Å². The molecule has 0 aliphatic rings. The molecule has 0 saturated heterocycles. The van der Waals surface area contributed by atoms with Crippen molar-refractivity contribution in [2.45, 2.75) is 11.8 Å². The van der Waals surface area contributed by atoms with Crippen LogP contribution < -0.4 is 10.5 Å². The lowest BCUT2D eigenvalue weighted by molar-refractivity contribution is -0.385. The Kier molecular flexibility index (Phi) is 4.37. The molecule has 2 aromatic rings. The van der Waals surface area contributed by atoms with Crippen LogP contribution in [0.3, 0.4) is 0 Å². The van der Waals surface area contributed by atoms with E-state index >= 15 is 0 Å². The van der Waals surface area contributed by atoms with Gasteiger partial charge >= 0.3 is 0 Å². The topological polar surface area (TPSA) is 158 Å². The maximum Gasteiger partial charge on any atom is 0.294 e. The molecular weight excluding hydrogens is 340 g/mol. The molecular formula is C13H12N4O6S. The van der Waals surface area contributed by atoms with Gasteiger partial charge < -0.3 is 5.73 Å². The van der Waals surface area contributed by atoms with Crippen LogP contribution in [-0.2, 0) is 10.0 Å². The summed E-state index contributed by atoms with van der Waals surface area (Å²) in [7, 11) is -4.17. The molecule has 0 radical (unpaired) electrons. The molecule has 0 aliphatic carbocycles. The number of benzene rings is 2. The molecule has 0 aromatic heterocycles. The lowest BCUT2D eigenvalue weighted by Crippen LogP contribution is -2.15. The van der Waals surface area contributed by atoms with Crippen molar-refractivity contribution >= 4 is 32.8 Å². The number of nitrogen functional groups attached to an aromatic ring is 1. The van der Waals surface area contributed by atoms with Crippen LogP contribution in [0.4, 0.5) is 22.7 Å². The first-order valence-electron chi connectivity index (χ1n) is 6.44. The SMILES string of the molecule is Cc1c([N+](=O)[O-])cccc1S(=O)(=O)Nc1ccc(N)c([N+](=O)[O-])c1. The lowest BCUT2D eigenvalue weighted by Gasteiger charge is -2.10. The zero-order valence-corrected chi connectivity index (χ0v) is 13.1. The Balaban J connectivity index is 2.47. The van der Waals surface area contributed by atoms with E-state index in [9.17, 15) is 28.6 Å². The largest absolute Gasteiger partial charge is 0.393 e. The van der Waals surface area contributed by atoms with Gasteiger partial charge in [-0.05, 0) is 25.1 Å². The third-order valence-electron chi connectivity index (χ3n) is 3.22. The van der Waals surface area contributed by atoms with Gasteiger partial charge in [-0.3, -0.25) is 25.0 Å². The van der Waals surface area contributed by atoms with Gasteiger partial charge in [0.05, 0.1) is 20.4 Å². The molecule has 0 fully saturated rings. The number of hydrogen-bond donors (Lipinski definition) is 2. The highest BCUT2D eigenvalue weighted by molar-refractivity contribution is 7.92. The number of anilines is 2. The van der Waals surface area contributed by atoms with Gasteiger partial charge in [0.2, 0.25) is 0 Å². The number of nitro benzene ring substituents is 2. The number of hydrogen-bond acceptors (Lipinski definition) is 7. The molecule has 10 nitrogen and oxygen atoms in total. The van der Waals surface area contributed by atoms with E-state index in [1.54, 1.807) is 0 Å². The van der Waals surface area contributed by atoms with Crippen molar-refractivity contribution in [3.63, 3.8) is 0 Å². The number of rotatable bonds is 5. The van der Waals surface area contributed by atoms with E-state index < -0.39 is 25.6 Å². The van der Waals surface area contributed by atoms with Crippen LogP contribution in [0.5, 0.6) is 0 Å². The summed E-state index contributed by atoms with van der Waals surface area (Å²) < 4.78 is 27.0. The summed E-state index contributed by atoms with van der Waals surface area (Å²) in [4.78, 5) is 20.0. The standard InChI is InChI=1S/C13H12N4O6S/c1-8-11(16(18)19)3-2-4-13(8)24(22,23)15-9-5-6-10(14)12(7-9)17(20)21/h2-7,15H,14H2,1H3. The van der Waals surface area contributed by atoms with Gasteiger partial charge in [0.1, 0.15) is 5.69 Å². The van der Waals surface area contributed by atoms with Gasteiger partial charge in [0, 0.05) is 17.7 Å². The number of nitrogens with two attached hydrogens (primary N) is 1. The third-order valence-corrected chi connectivity index (χ3v) is 4.75. The molecule has 0 atom stereocenters. The summed E-state index contributed by atoms with van der Waals surface area (Å²) in [5.74, 6) is 0. The number of nitrogens with one attached hydrogen (secondary N) is 1. The van der Waals surface area contributed by atoms with Crippen molar-refractivity contribution in [2.75, 3.05) is 10.5 Å². The van der Waals surface area contributed by atoms with E-state index in [1.807, 2.05) is 0 Å². The molecule has 3 N–H and O–H groups in total. The van der Waals surface area contributed by atoms with E-state index in [0.29, 0.717) is 0 Å². The highest BCUT2D eigenvalue weighted by atomic mass is 32.2. The molecule has 0 bridgehead atoms. The molecule has 0 aliphatic heterocycles. The maximum atomic E-state index is 12.4. The van der Waals surface area contributed by atoms with E-state index in [0.717, 1.165) is 6.07 Å². The molecule has 11 heteroatoms. The zero-order chi connectivity index (χ0) is 18.1. The monoisotopic (exact) mass is 352 g/mol. The van der Waals surface area contributed by atoms with E-state index in [1.165, 1.54) is 37.3 Å². The van der Waals surface area contributed by atoms with Crippen LogP contribution in [0.25, 0.3) is 0 Å². The van der Waals surface area contributed by atoms with Crippen molar-refractivity contribution in [1.82, 2.24) is 0 Å². The van der Waals surface area contributed by atoms with Crippen molar-refractivity contribution in [3.05, 3.63) is 62.2 Å². The normalized spacial score (nSPS) is 11.0. The maximum absolute atomic E-state index is 12.4. The second kappa shape index (κ2) is 6.12. The summed E-state index contributed by atoms with van der Waals surface area (Å²) in [5.41, 5.74) is 4.41. The second-order valence-corrected chi connectivity index (χ2v) is 6.44. The predicted octanol–water partition coefficient (Wildman–Crippen LogP) is 2.19. The fourth-order valence-electron chi connectivity index (χ4n) is 2.07. The molecule has 2 rings (SSSR count). The smallest absolute Gasteiger partial charge is 0.294 e. The van der Waals surface area contributed by atoms with Crippen molar-refractivity contribution in [3.8, 4) is 0 Å². The highest BCUT2D eigenvalue weighted by Crippen LogP contribution is 2.29. The van der Waals surface area contributed by atoms with E-state index in [-0.39, 0.29) is 27.5 Å². The Bertz CT molecular complexity index is 941. The summed E-state index contributed by atoms with van der Waals surface area (Å²) in [6, 6.07) is 7.05. The second-order valence-electron chi connectivity index (χ2n) is 4.79. The summed E-state index contributed by atoms with van der Waals surface area (Å²) >= 11 is 0. The molecule has 0 spiro atoms. The van der Waals surface area contributed by atoms with Crippen LogP contribution >= 0.6 is 0 Å². The van der Waals surface area contributed by atoms with Crippen LogP contribution in [-0.4, -0.2) is 18.3 Å². The predicted molar refractivity (Wildman–Crippen MR) is 86.2 cm³/mol. The minimum absolute atomic E-state index is 0.0417. The van der Waals surface area contributed by atoms with Gasteiger partial charge in [0.15, 0.2) is 0 Å². The van der Waals surface area contributed by atoms with E-state index in [2.05, 4.69) is 4.72 Å². The summed E-state index contributed by atoms with van der Waals surface area (Å²) in [5, 5.41) is 21.8. The third kappa shape index (κ3) is 3.25. The summed E-state index contributed by atoms with van der Waals surface area (Å²) in [6.45, 7) is 1.30. The Hall–Kier alpha value is -3.21. The quantitative estimate of drug-likeness (QED) is 0.474. The first-order valence-corrected chi connectivity index (χ1v) is 7.92. The van der Waals surface area contributed by atoms with Crippen molar-refractivity contribution in [2.24, 2.45) is 0 Å². The number of nitro groups is 2. The highest BCUT2D eigenvalue weighted by Gasteiger charge is 2.23. The molecule has 2 aromatic carbocycles. The Morgan fingerprint density at radius 3 is 2.25 bits per heavy atom. The molecule has 0 unspecified atom stereocenters. The van der Waals surface area contributed by atoms with Gasteiger partial charge in [-0.25, -0.2) is 8.42 Å². The molecule has 126 valence electrons. The average Bonchev–Trinajstić information content (AvgIpc) is 2.48. The first kappa shape index (κ1) is 17.1. The Morgan fingerprint density at radius 1 is 1.04 bits per heavy atom. The van der Waals surface area contributed by atoms with Crippen LogP contribution in [0.15, 0.2) is 41.3 Å². The Morgan fingerprint density at radius 2 is 1.67 bits per heavy atom. The molecule has 24 heavy (non-hydrogen) atoms. The molecule has 0 amide bonds.